The van der Waals surface area contributed by atoms with Gasteiger partial charge in [-0.15, -0.1) is 11.8 Å². The van der Waals surface area contributed by atoms with Gasteiger partial charge in [0.1, 0.15) is 36.5 Å². The number of rotatable bonds is 10. The molecule has 0 saturated carbocycles. The summed E-state index contributed by atoms with van der Waals surface area (Å²) in [6.45, 7) is 2.05. The number of nitrogens with two attached hydrogens (primary N) is 2. The largest absolute Gasteiger partial charge is 0.477 e. The van der Waals surface area contributed by atoms with Gasteiger partial charge in [-0.05, 0) is 6.92 Å². The molecule has 40 heavy (non-hydrogen) atoms. The maximum Gasteiger partial charge on any atom is 0.404 e. The topological polar surface area (TPSA) is 221 Å². The van der Waals surface area contributed by atoms with Crippen LogP contribution in [0.15, 0.2) is 34.3 Å². The number of aliphatic carboxylic acids is 1. The summed E-state index contributed by atoms with van der Waals surface area (Å²) in [6, 6.07) is -0.989. The van der Waals surface area contributed by atoms with E-state index >= 15 is 0 Å². The van der Waals surface area contributed by atoms with Crippen LogP contribution in [0.3, 0.4) is 0 Å². The number of oxime groups is 1. The second-order valence-electron chi connectivity index (χ2n) is 8.39. The number of carboxylic acid groups (broad SMARTS) is 1. The van der Waals surface area contributed by atoms with Crippen LogP contribution in [0.1, 0.15) is 18.4 Å². The molecule has 5 heterocycles. The van der Waals surface area contributed by atoms with Crippen LogP contribution in [0.4, 0.5) is 9.93 Å². The van der Waals surface area contributed by atoms with E-state index in [1.165, 1.54) is 28.0 Å². The van der Waals surface area contributed by atoms with Crippen molar-refractivity contribution in [3.8, 4) is 0 Å². The van der Waals surface area contributed by atoms with Crippen molar-refractivity contribution in [2.75, 3.05) is 18.1 Å². The van der Waals surface area contributed by atoms with Gasteiger partial charge in [-0.2, -0.15) is 13.8 Å². The number of aromatic nitrogens is 4. The third-order valence-electron chi connectivity index (χ3n) is 5.83. The normalized spacial score (nSPS) is 18.9. The number of primary amides is 1. The van der Waals surface area contributed by atoms with Crippen molar-refractivity contribution >= 4 is 74.2 Å². The van der Waals surface area contributed by atoms with Gasteiger partial charge in [-0.25, -0.2) is 14.2 Å². The van der Waals surface area contributed by atoms with Gasteiger partial charge in [0.05, 0.1) is 0 Å². The minimum atomic E-state index is -1.25. The number of carbonyl (C=O) groups excluding carboxylic acids is 3. The van der Waals surface area contributed by atoms with Gasteiger partial charge in [-0.1, -0.05) is 16.5 Å². The van der Waals surface area contributed by atoms with Gasteiger partial charge in [0.2, 0.25) is 22.7 Å². The molecule has 0 bridgehead atoms. The molecule has 3 amide bonds. The molecule has 2 aliphatic rings. The predicted molar refractivity (Wildman–Crippen MR) is 142 cm³/mol. The number of amides is 3. The zero-order valence-electron chi connectivity index (χ0n) is 20.7. The number of carbonyl (C=O) groups is 4. The summed E-state index contributed by atoms with van der Waals surface area (Å²) >= 11 is 3.62. The fourth-order valence-corrected chi connectivity index (χ4v) is 6.83. The van der Waals surface area contributed by atoms with Gasteiger partial charge in [0.25, 0.3) is 11.8 Å². The Hall–Kier alpha value is -4.23. The van der Waals surface area contributed by atoms with Gasteiger partial charge < -0.3 is 31.5 Å². The molecular formula is C21H22N9O7S3+. The van der Waals surface area contributed by atoms with Gasteiger partial charge in [0.15, 0.2) is 17.4 Å². The monoisotopic (exact) mass is 608 g/mol. The quantitative estimate of drug-likeness (QED) is 0.0994. The number of nitrogens with zero attached hydrogens (tertiary/aromatic N) is 6. The fourth-order valence-electron chi connectivity index (χ4n) is 4.14. The van der Waals surface area contributed by atoms with Crippen LogP contribution in [0.25, 0.3) is 4.83 Å². The van der Waals surface area contributed by atoms with Crippen molar-refractivity contribution in [2.45, 2.75) is 31.5 Å². The van der Waals surface area contributed by atoms with Gasteiger partial charge in [-0.3, -0.25) is 14.5 Å². The van der Waals surface area contributed by atoms with E-state index in [9.17, 15) is 24.3 Å². The van der Waals surface area contributed by atoms with Crippen molar-refractivity contribution in [3.63, 3.8) is 0 Å². The maximum atomic E-state index is 13.1. The highest BCUT2D eigenvalue weighted by molar-refractivity contribution is 8.00. The first-order chi connectivity index (χ1) is 19.2. The van der Waals surface area contributed by atoms with E-state index in [2.05, 4.69) is 19.8 Å². The van der Waals surface area contributed by atoms with E-state index in [1.807, 2.05) is 11.6 Å². The van der Waals surface area contributed by atoms with E-state index < -0.39 is 35.3 Å². The number of β-lactam (4-membered cyclic amide) rings is 1. The average molecular weight is 609 g/mol. The second kappa shape index (κ2) is 11.1. The van der Waals surface area contributed by atoms with E-state index in [0.717, 1.165) is 16.4 Å². The standard InChI is InChI=1S/C21H21N9O7S3/c1-2-37-26-12(15-25-20(22)40-27-15)16(31)24-13-17(32)30-14(19(33)34)9(6-39-18(13)30)3-28-4-11-29(8-28)10(7-38-11)5-36-21(23)35/h4,7-8,13,18H,2-3,5-6H2,1H3,(H5-,22,23,24,25,27,31,33,34,35)/p+1/b26-12-/t13-,18-/m1/s1. The molecule has 0 aliphatic carbocycles. The Morgan fingerprint density at radius 3 is 2.85 bits per heavy atom. The summed E-state index contributed by atoms with van der Waals surface area (Å²) in [7, 11) is 0. The van der Waals surface area contributed by atoms with Crippen LogP contribution in [-0.4, -0.2) is 77.1 Å². The van der Waals surface area contributed by atoms with Gasteiger partial charge in [0, 0.05) is 28.2 Å². The van der Waals surface area contributed by atoms with Crippen LogP contribution >= 0.6 is 34.6 Å². The first-order valence-electron chi connectivity index (χ1n) is 11.6. The molecule has 1 fully saturated rings. The molecule has 0 aromatic carbocycles. The highest BCUT2D eigenvalue weighted by atomic mass is 32.2. The fraction of sp³-hybridized carbons (Fsp3) is 0.333. The summed E-state index contributed by atoms with van der Waals surface area (Å²) < 4.78 is 12.4. The summed E-state index contributed by atoms with van der Waals surface area (Å²) in [5, 5.41) is 17.7. The molecule has 3 aromatic heterocycles. The third kappa shape index (κ3) is 5.17. The Kier molecular flexibility index (Phi) is 7.59. The van der Waals surface area contributed by atoms with Crippen LogP contribution in [0.2, 0.25) is 0 Å². The maximum absolute atomic E-state index is 13.1. The number of nitrogen functional groups attached to an aromatic ring is 1. The van der Waals surface area contributed by atoms with Gasteiger partial charge >= 0.3 is 12.1 Å². The molecule has 16 nitrogen and oxygen atoms in total. The van der Waals surface area contributed by atoms with Crippen LogP contribution in [0, 0.1) is 0 Å². The zero-order valence-corrected chi connectivity index (χ0v) is 23.1. The Labute approximate surface area is 237 Å². The number of hydrogen-bond donors (Lipinski definition) is 4. The first-order valence-corrected chi connectivity index (χ1v) is 14.3. The number of nitrogens with one attached hydrogen (secondary N) is 1. The van der Waals surface area contributed by atoms with Crippen molar-refractivity contribution in [1.29, 1.82) is 0 Å². The Bertz CT molecular complexity index is 1580. The highest BCUT2D eigenvalue weighted by Crippen LogP contribution is 2.40. The summed E-state index contributed by atoms with van der Waals surface area (Å²) in [4.78, 5) is 60.3. The highest BCUT2D eigenvalue weighted by Gasteiger charge is 2.54. The molecule has 3 aromatic rings. The average Bonchev–Trinajstić information content (AvgIpc) is 3.62. The first kappa shape index (κ1) is 27.3. The molecule has 1 saturated heterocycles. The number of anilines is 1. The molecular weight excluding hydrogens is 586 g/mol. The molecule has 6 N–H and O–H groups in total. The van der Waals surface area contributed by atoms with Crippen molar-refractivity contribution in [1.82, 2.24) is 24.0 Å². The third-order valence-corrected chi connectivity index (χ3v) is 8.64. The molecule has 0 unspecified atom stereocenters. The Balaban J connectivity index is 1.33. The molecule has 19 heteroatoms. The Morgan fingerprint density at radius 1 is 1.38 bits per heavy atom. The summed E-state index contributed by atoms with van der Waals surface area (Å²) in [6.07, 6.45) is 2.68. The van der Waals surface area contributed by atoms with E-state index in [4.69, 9.17) is 21.0 Å². The van der Waals surface area contributed by atoms with E-state index in [1.54, 1.807) is 22.2 Å². The van der Waals surface area contributed by atoms with E-state index in [0.29, 0.717) is 17.0 Å². The van der Waals surface area contributed by atoms with Crippen LogP contribution < -0.4 is 21.4 Å². The van der Waals surface area contributed by atoms with E-state index in [-0.39, 0.29) is 42.1 Å². The minimum absolute atomic E-state index is 0.0110. The molecule has 2 atom stereocenters. The van der Waals surface area contributed by atoms with Crippen molar-refractivity contribution < 1.29 is 38.4 Å². The lowest BCUT2D eigenvalue weighted by molar-refractivity contribution is -0.687. The number of ether oxygens (including phenoxy) is 1. The number of hydrogen-bond acceptors (Lipinski definition) is 13. The lowest BCUT2D eigenvalue weighted by atomic mass is 10.0. The molecule has 210 valence electrons. The lowest BCUT2D eigenvalue weighted by Crippen LogP contribution is -2.71. The number of fused-ring (bicyclic) bond motifs is 2. The number of thioether (sulfide) groups is 1. The summed E-state index contributed by atoms with van der Waals surface area (Å²) in [5.74, 6) is -2.32. The smallest absolute Gasteiger partial charge is 0.404 e. The SMILES string of the molecule is CCO/N=C(\C(=O)N[C@@H]1C(=O)N2C(C(=O)O)=C(C[n+]3cc4scc(COC(N)=O)n4c3)CS[C@H]12)c1nsc(N)n1. The second-order valence-corrected chi connectivity index (χ2v) is 11.2. The number of imidazole rings is 1. The molecule has 0 spiro atoms. The number of carboxylic acids is 1. The lowest BCUT2D eigenvalue weighted by Gasteiger charge is -2.49. The number of thiazole rings is 1. The van der Waals surface area contributed by atoms with Crippen LogP contribution in [0.5, 0.6) is 0 Å². The molecule has 0 radical (unpaired) electrons. The zero-order chi connectivity index (χ0) is 28.6. The predicted octanol–water partition coefficient (Wildman–Crippen LogP) is -0.503. The minimum Gasteiger partial charge on any atom is -0.477 e. The van der Waals surface area contributed by atoms with Crippen molar-refractivity contribution in [3.05, 3.63) is 40.7 Å². The molecule has 2 aliphatic heterocycles. The Morgan fingerprint density at radius 2 is 2.17 bits per heavy atom. The van der Waals surface area contributed by atoms with Crippen molar-refractivity contribution in [2.24, 2.45) is 10.9 Å². The molecule has 5 rings (SSSR count). The summed E-state index contributed by atoms with van der Waals surface area (Å²) in [5.41, 5.74) is 11.5. The van der Waals surface area contributed by atoms with Crippen LogP contribution in [-0.2, 0) is 37.1 Å².